The average molecular weight is 267 g/mol. The first kappa shape index (κ1) is 14.8. The van der Waals surface area contributed by atoms with Gasteiger partial charge in [0.1, 0.15) is 0 Å². The summed E-state index contributed by atoms with van der Waals surface area (Å²) in [5.41, 5.74) is 7.43. The Labute approximate surface area is 113 Å². The number of nitrogens with two attached hydrogens (primary N) is 1. The zero-order chi connectivity index (χ0) is 13.4. The van der Waals surface area contributed by atoms with E-state index in [-0.39, 0.29) is 5.91 Å². The van der Waals surface area contributed by atoms with Gasteiger partial charge in [0.15, 0.2) is 0 Å². The second kappa shape index (κ2) is 7.97. The second-order valence-electron chi connectivity index (χ2n) is 4.21. The lowest BCUT2D eigenvalue weighted by Gasteiger charge is -2.07. The second-order valence-corrected chi connectivity index (χ2v) is 5.20. The average Bonchev–Trinajstić information content (AvgIpc) is 2.36. The first-order chi connectivity index (χ1) is 8.65. The Kier molecular flexibility index (Phi) is 6.57. The predicted molar refractivity (Wildman–Crippen MR) is 78.0 cm³/mol. The summed E-state index contributed by atoms with van der Waals surface area (Å²) in [4.78, 5) is 16.0. The number of carbonyl (C=O) groups excluding carboxylic acids is 1. The maximum atomic E-state index is 11.9. The van der Waals surface area contributed by atoms with Crippen molar-refractivity contribution in [1.29, 1.82) is 0 Å². The molecule has 0 radical (unpaired) electrons. The van der Waals surface area contributed by atoms with E-state index in [0.717, 1.165) is 12.8 Å². The topological polar surface area (TPSA) is 68.0 Å². The van der Waals surface area contributed by atoms with Crippen molar-refractivity contribution >= 4 is 23.4 Å². The fraction of sp³-hybridized carbons (Fsp3) is 0.538. The molecule has 0 spiro atoms. The molecule has 0 aliphatic carbocycles. The zero-order valence-electron chi connectivity index (χ0n) is 11.0. The lowest BCUT2D eigenvalue weighted by molar-refractivity contribution is 0.0952. The first-order valence-corrected chi connectivity index (χ1v) is 7.53. The van der Waals surface area contributed by atoms with Gasteiger partial charge in [0.25, 0.3) is 5.91 Å². The first-order valence-electron chi connectivity index (χ1n) is 6.14. The summed E-state index contributed by atoms with van der Waals surface area (Å²) in [7, 11) is 0. The van der Waals surface area contributed by atoms with Gasteiger partial charge in [0.2, 0.25) is 0 Å². The Hall–Kier alpha value is -1.23. The van der Waals surface area contributed by atoms with Crippen LogP contribution in [0.2, 0.25) is 0 Å². The molecule has 1 rings (SSSR count). The van der Waals surface area contributed by atoms with E-state index in [9.17, 15) is 4.79 Å². The van der Waals surface area contributed by atoms with Crippen molar-refractivity contribution in [1.82, 2.24) is 10.3 Å². The summed E-state index contributed by atoms with van der Waals surface area (Å²) >= 11 is 1.86. The molecule has 1 aromatic heterocycles. The maximum absolute atomic E-state index is 11.9. The lowest BCUT2D eigenvalue weighted by atomic mass is 10.1. The molecule has 0 saturated heterocycles. The van der Waals surface area contributed by atoms with Crippen molar-refractivity contribution in [2.24, 2.45) is 0 Å². The van der Waals surface area contributed by atoms with Crippen molar-refractivity contribution in [3.63, 3.8) is 0 Å². The van der Waals surface area contributed by atoms with Crippen molar-refractivity contribution < 1.29 is 4.79 Å². The standard InChI is InChI=1S/C13H21N3OS/c1-10-12(8-11(14)9-16-10)13(17)15-6-4-3-5-7-18-2/h8-9H,3-7,14H2,1-2H3,(H,15,17). The van der Waals surface area contributed by atoms with Crippen LogP contribution in [0.25, 0.3) is 0 Å². The van der Waals surface area contributed by atoms with Crippen molar-refractivity contribution in [3.8, 4) is 0 Å². The van der Waals surface area contributed by atoms with Gasteiger partial charge in [-0.15, -0.1) is 0 Å². The third-order valence-electron chi connectivity index (χ3n) is 2.66. The van der Waals surface area contributed by atoms with Gasteiger partial charge in [-0.3, -0.25) is 9.78 Å². The molecule has 0 bridgehead atoms. The number of hydrogen-bond donors (Lipinski definition) is 2. The largest absolute Gasteiger partial charge is 0.397 e. The minimum atomic E-state index is -0.0860. The quantitative estimate of drug-likeness (QED) is 0.743. The SMILES string of the molecule is CSCCCCCNC(=O)c1cc(N)cnc1C. The maximum Gasteiger partial charge on any atom is 0.253 e. The summed E-state index contributed by atoms with van der Waals surface area (Å²) in [5, 5.41) is 2.90. The minimum Gasteiger partial charge on any atom is -0.397 e. The number of unbranched alkanes of at least 4 members (excludes halogenated alkanes) is 2. The third kappa shape index (κ3) is 4.96. The van der Waals surface area contributed by atoms with Gasteiger partial charge in [-0.1, -0.05) is 6.42 Å². The number of pyridine rings is 1. The monoisotopic (exact) mass is 267 g/mol. The van der Waals surface area contributed by atoms with E-state index < -0.39 is 0 Å². The molecule has 1 heterocycles. The number of hydrogen-bond acceptors (Lipinski definition) is 4. The third-order valence-corrected chi connectivity index (χ3v) is 3.36. The molecule has 3 N–H and O–H groups in total. The highest BCUT2D eigenvalue weighted by Crippen LogP contribution is 2.09. The summed E-state index contributed by atoms with van der Waals surface area (Å²) in [6.07, 6.45) is 7.04. The molecule has 0 saturated carbocycles. The number of carbonyl (C=O) groups is 1. The highest BCUT2D eigenvalue weighted by Gasteiger charge is 2.09. The highest BCUT2D eigenvalue weighted by atomic mass is 32.2. The minimum absolute atomic E-state index is 0.0860. The van der Waals surface area contributed by atoms with Crippen LogP contribution < -0.4 is 11.1 Å². The predicted octanol–water partition coefficient (Wildman–Crippen LogP) is 2.24. The fourth-order valence-corrected chi connectivity index (χ4v) is 2.12. The van der Waals surface area contributed by atoms with E-state index in [1.807, 2.05) is 18.7 Å². The van der Waals surface area contributed by atoms with Crippen LogP contribution in [0.1, 0.15) is 35.3 Å². The van der Waals surface area contributed by atoms with Crippen LogP contribution in [0.3, 0.4) is 0 Å². The number of rotatable bonds is 7. The Morgan fingerprint density at radius 1 is 1.44 bits per heavy atom. The van der Waals surface area contributed by atoms with Crippen LogP contribution >= 0.6 is 11.8 Å². The molecule has 1 aromatic rings. The molecule has 100 valence electrons. The van der Waals surface area contributed by atoms with Crippen LogP contribution in [-0.2, 0) is 0 Å². The molecule has 4 nitrogen and oxygen atoms in total. The molecular formula is C13H21N3OS. The van der Waals surface area contributed by atoms with Gasteiger partial charge in [-0.25, -0.2) is 0 Å². The molecule has 0 fully saturated rings. The molecule has 0 unspecified atom stereocenters. The molecule has 5 heteroatoms. The molecule has 1 amide bonds. The normalized spacial score (nSPS) is 10.3. The van der Waals surface area contributed by atoms with Gasteiger partial charge in [0, 0.05) is 6.54 Å². The fourth-order valence-electron chi connectivity index (χ4n) is 1.62. The summed E-state index contributed by atoms with van der Waals surface area (Å²) in [6, 6.07) is 1.67. The molecule has 0 aromatic carbocycles. The molecule has 0 aliphatic rings. The van der Waals surface area contributed by atoms with Crippen LogP contribution in [-0.4, -0.2) is 29.4 Å². The molecule has 0 atom stereocenters. The van der Waals surface area contributed by atoms with E-state index in [1.54, 1.807) is 12.3 Å². The van der Waals surface area contributed by atoms with Crippen LogP contribution in [0, 0.1) is 6.92 Å². The Morgan fingerprint density at radius 3 is 2.94 bits per heavy atom. The number of anilines is 1. The molecule has 18 heavy (non-hydrogen) atoms. The summed E-state index contributed by atoms with van der Waals surface area (Å²) < 4.78 is 0. The molecule has 0 aliphatic heterocycles. The Morgan fingerprint density at radius 2 is 2.22 bits per heavy atom. The van der Waals surface area contributed by atoms with Crippen molar-refractivity contribution in [2.45, 2.75) is 26.2 Å². The number of nitrogens with zero attached hydrogens (tertiary/aromatic N) is 1. The van der Waals surface area contributed by atoms with E-state index in [0.29, 0.717) is 23.5 Å². The summed E-state index contributed by atoms with van der Waals surface area (Å²) in [6.45, 7) is 2.52. The van der Waals surface area contributed by atoms with Crippen molar-refractivity contribution in [3.05, 3.63) is 23.5 Å². The number of amides is 1. The lowest BCUT2D eigenvalue weighted by Crippen LogP contribution is -2.25. The number of aromatic nitrogens is 1. The summed E-state index contributed by atoms with van der Waals surface area (Å²) in [5.74, 6) is 1.10. The van der Waals surface area contributed by atoms with Gasteiger partial charge in [-0.2, -0.15) is 11.8 Å². The highest BCUT2D eigenvalue weighted by molar-refractivity contribution is 7.98. The zero-order valence-corrected chi connectivity index (χ0v) is 11.8. The van der Waals surface area contributed by atoms with E-state index in [1.165, 1.54) is 12.2 Å². The van der Waals surface area contributed by atoms with Crippen LogP contribution in [0.15, 0.2) is 12.3 Å². The van der Waals surface area contributed by atoms with Crippen molar-refractivity contribution in [2.75, 3.05) is 24.3 Å². The van der Waals surface area contributed by atoms with E-state index >= 15 is 0 Å². The van der Waals surface area contributed by atoms with Gasteiger partial charge in [0.05, 0.1) is 23.1 Å². The van der Waals surface area contributed by atoms with Gasteiger partial charge >= 0.3 is 0 Å². The van der Waals surface area contributed by atoms with Gasteiger partial charge < -0.3 is 11.1 Å². The Balaban J connectivity index is 2.34. The van der Waals surface area contributed by atoms with Crippen LogP contribution in [0.5, 0.6) is 0 Å². The number of thioether (sulfide) groups is 1. The van der Waals surface area contributed by atoms with Gasteiger partial charge in [-0.05, 0) is 37.8 Å². The molecular weight excluding hydrogens is 246 g/mol. The van der Waals surface area contributed by atoms with Crippen LogP contribution in [0.4, 0.5) is 5.69 Å². The Bertz CT molecular complexity index is 396. The number of nitrogen functional groups attached to an aromatic ring is 1. The van der Waals surface area contributed by atoms with E-state index in [2.05, 4.69) is 16.6 Å². The smallest absolute Gasteiger partial charge is 0.253 e. The van der Waals surface area contributed by atoms with E-state index in [4.69, 9.17) is 5.73 Å². The number of nitrogens with one attached hydrogen (secondary N) is 1. The number of aryl methyl sites for hydroxylation is 1.